The van der Waals surface area contributed by atoms with Crippen LogP contribution in [0, 0.1) is 0 Å². The zero-order chi connectivity index (χ0) is 14.5. The average molecular weight is 289 g/mol. The predicted octanol–water partition coefficient (Wildman–Crippen LogP) is 2.69. The molecule has 0 radical (unpaired) electrons. The maximum Gasteiger partial charge on any atom is 0.253 e. The minimum absolute atomic E-state index is 0.0223. The summed E-state index contributed by atoms with van der Waals surface area (Å²) in [6, 6.07) is 7.44. The molecule has 3 N–H and O–H groups in total. The molecule has 106 valence electrons. The van der Waals surface area contributed by atoms with Gasteiger partial charge in [0.2, 0.25) is 0 Å². The molecule has 0 aliphatic rings. The zero-order valence-corrected chi connectivity index (χ0v) is 12.5. The molecule has 0 saturated carbocycles. The topological polar surface area (TPSA) is 58.4 Å². The average Bonchev–Trinajstić information content (AvgIpc) is 2.93. The molecule has 20 heavy (non-hydrogen) atoms. The van der Waals surface area contributed by atoms with Gasteiger partial charge in [0, 0.05) is 26.2 Å². The number of hydrogen-bond donors (Lipinski definition) is 2. The van der Waals surface area contributed by atoms with Crippen LogP contribution >= 0.6 is 11.3 Å². The third-order valence-electron chi connectivity index (χ3n) is 3.02. The number of nitrogens with zero attached hydrogens (tertiary/aromatic N) is 1. The summed E-state index contributed by atoms with van der Waals surface area (Å²) in [5, 5.41) is 7.50. The number of nitrogens with one attached hydrogen (secondary N) is 1. The van der Waals surface area contributed by atoms with E-state index in [1.807, 2.05) is 6.07 Å². The Labute approximate surface area is 123 Å². The monoisotopic (exact) mass is 289 g/mol. The molecule has 1 heterocycles. The molecule has 0 spiro atoms. The molecule has 0 unspecified atom stereocenters. The van der Waals surface area contributed by atoms with Crippen molar-refractivity contribution in [2.45, 2.75) is 6.42 Å². The second-order valence-electron chi connectivity index (χ2n) is 4.81. The third-order valence-corrected chi connectivity index (χ3v) is 3.75. The lowest BCUT2D eigenvalue weighted by atomic mass is 10.1. The largest absolute Gasteiger partial charge is 0.397 e. The summed E-state index contributed by atoms with van der Waals surface area (Å²) in [4.78, 5) is 13.5. The van der Waals surface area contributed by atoms with Crippen molar-refractivity contribution >= 4 is 28.6 Å². The first kappa shape index (κ1) is 14.4. The van der Waals surface area contributed by atoms with E-state index in [1.165, 1.54) is 5.56 Å². The highest BCUT2D eigenvalue weighted by Gasteiger charge is 2.10. The Hall–Kier alpha value is -2.01. The standard InChI is InChI=1S/C15H19N3OS/c1-18(2)15(19)12-3-4-13(16)14(9-12)17-7-5-11-6-8-20-10-11/h3-4,6,8-10,17H,5,7,16H2,1-2H3. The molecule has 4 nitrogen and oxygen atoms in total. The van der Waals surface area contributed by atoms with Gasteiger partial charge in [0.05, 0.1) is 11.4 Å². The molecule has 0 atom stereocenters. The van der Waals surface area contributed by atoms with Crippen LogP contribution in [0.1, 0.15) is 15.9 Å². The summed E-state index contributed by atoms with van der Waals surface area (Å²) in [5.41, 5.74) is 9.36. The third kappa shape index (κ3) is 3.51. The first-order chi connectivity index (χ1) is 9.58. The van der Waals surface area contributed by atoms with Gasteiger partial charge in [0.15, 0.2) is 0 Å². The molecule has 1 aromatic carbocycles. The minimum Gasteiger partial charge on any atom is -0.397 e. The fourth-order valence-corrected chi connectivity index (χ4v) is 2.58. The van der Waals surface area contributed by atoms with Gasteiger partial charge in [-0.3, -0.25) is 4.79 Å². The highest BCUT2D eigenvalue weighted by Crippen LogP contribution is 2.21. The van der Waals surface area contributed by atoms with Gasteiger partial charge in [-0.2, -0.15) is 11.3 Å². The Morgan fingerprint density at radius 1 is 1.35 bits per heavy atom. The van der Waals surface area contributed by atoms with Gasteiger partial charge < -0.3 is 16.0 Å². The van der Waals surface area contributed by atoms with Gasteiger partial charge in [-0.05, 0) is 47.0 Å². The van der Waals surface area contributed by atoms with E-state index in [0.29, 0.717) is 11.3 Å². The maximum absolute atomic E-state index is 11.9. The van der Waals surface area contributed by atoms with Crippen LogP contribution in [0.25, 0.3) is 0 Å². The molecule has 2 aromatic rings. The van der Waals surface area contributed by atoms with E-state index < -0.39 is 0 Å². The van der Waals surface area contributed by atoms with E-state index in [-0.39, 0.29) is 5.91 Å². The molecule has 1 aromatic heterocycles. The number of rotatable bonds is 5. The number of thiophene rings is 1. The number of nitrogens with two attached hydrogens (primary N) is 1. The molecule has 0 aliphatic heterocycles. The van der Waals surface area contributed by atoms with Crippen LogP contribution in [-0.2, 0) is 6.42 Å². The van der Waals surface area contributed by atoms with Gasteiger partial charge in [0.1, 0.15) is 0 Å². The quantitative estimate of drug-likeness (QED) is 0.832. The Morgan fingerprint density at radius 2 is 2.15 bits per heavy atom. The minimum atomic E-state index is -0.0223. The molecule has 0 saturated heterocycles. The Balaban J connectivity index is 2.03. The summed E-state index contributed by atoms with van der Waals surface area (Å²) in [6.45, 7) is 0.792. The SMILES string of the molecule is CN(C)C(=O)c1ccc(N)c(NCCc2ccsc2)c1. The van der Waals surface area contributed by atoms with Gasteiger partial charge in [0.25, 0.3) is 5.91 Å². The number of amides is 1. The van der Waals surface area contributed by atoms with Crippen molar-refractivity contribution in [3.63, 3.8) is 0 Å². The second-order valence-corrected chi connectivity index (χ2v) is 5.59. The lowest BCUT2D eigenvalue weighted by Gasteiger charge is -2.14. The first-order valence-corrected chi connectivity index (χ1v) is 7.38. The number of carbonyl (C=O) groups is 1. The van der Waals surface area contributed by atoms with Crippen molar-refractivity contribution in [2.75, 3.05) is 31.7 Å². The Morgan fingerprint density at radius 3 is 2.80 bits per heavy atom. The van der Waals surface area contributed by atoms with Crippen LogP contribution in [0.4, 0.5) is 11.4 Å². The first-order valence-electron chi connectivity index (χ1n) is 6.44. The second kappa shape index (κ2) is 6.43. The van der Waals surface area contributed by atoms with Crippen molar-refractivity contribution in [2.24, 2.45) is 0 Å². The predicted molar refractivity (Wildman–Crippen MR) is 85.4 cm³/mol. The molecule has 0 bridgehead atoms. The summed E-state index contributed by atoms with van der Waals surface area (Å²) in [7, 11) is 3.48. The molecule has 5 heteroatoms. The van der Waals surface area contributed by atoms with Crippen LogP contribution < -0.4 is 11.1 Å². The van der Waals surface area contributed by atoms with Crippen molar-refractivity contribution in [3.8, 4) is 0 Å². The smallest absolute Gasteiger partial charge is 0.253 e. The van der Waals surface area contributed by atoms with E-state index >= 15 is 0 Å². The number of benzene rings is 1. The van der Waals surface area contributed by atoms with E-state index in [0.717, 1.165) is 18.7 Å². The highest BCUT2D eigenvalue weighted by atomic mass is 32.1. The van der Waals surface area contributed by atoms with E-state index in [9.17, 15) is 4.79 Å². The van der Waals surface area contributed by atoms with Crippen molar-refractivity contribution in [1.82, 2.24) is 4.90 Å². The Bertz CT molecular complexity index is 579. The van der Waals surface area contributed by atoms with Crippen molar-refractivity contribution in [1.29, 1.82) is 0 Å². The summed E-state index contributed by atoms with van der Waals surface area (Å²) in [5.74, 6) is -0.0223. The van der Waals surface area contributed by atoms with Crippen LogP contribution in [0.5, 0.6) is 0 Å². The zero-order valence-electron chi connectivity index (χ0n) is 11.7. The molecular weight excluding hydrogens is 270 g/mol. The Kier molecular flexibility index (Phi) is 4.63. The normalized spacial score (nSPS) is 10.3. The molecule has 0 aliphatic carbocycles. The number of nitrogen functional groups attached to an aromatic ring is 1. The van der Waals surface area contributed by atoms with Crippen molar-refractivity contribution < 1.29 is 4.79 Å². The highest BCUT2D eigenvalue weighted by molar-refractivity contribution is 7.07. The number of carbonyl (C=O) groups excluding carboxylic acids is 1. The van der Waals surface area contributed by atoms with Crippen LogP contribution in [0.3, 0.4) is 0 Å². The van der Waals surface area contributed by atoms with Crippen LogP contribution in [0.2, 0.25) is 0 Å². The number of hydrogen-bond acceptors (Lipinski definition) is 4. The number of anilines is 2. The van der Waals surface area contributed by atoms with Gasteiger partial charge >= 0.3 is 0 Å². The van der Waals surface area contributed by atoms with E-state index in [4.69, 9.17) is 5.73 Å². The molecule has 2 rings (SSSR count). The molecule has 0 fully saturated rings. The fourth-order valence-electron chi connectivity index (χ4n) is 1.88. The van der Waals surface area contributed by atoms with Gasteiger partial charge in [-0.1, -0.05) is 0 Å². The lowest BCUT2D eigenvalue weighted by Crippen LogP contribution is -2.22. The lowest BCUT2D eigenvalue weighted by molar-refractivity contribution is 0.0827. The van der Waals surface area contributed by atoms with Gasteiger partial charge in [-0.15, -0.1) is 0 Å². The maximum atomic E-state index is 11.9. The summed E-state index contributed by atoms with van der Waals surface area (Å²) < 4.78 is 0. The van der Waals surface area contributed by atoms with E-state index in [2.05, 4.69) is 22.1 Å². The summed E-state index contributed by atoms with van der Waals surface area (Å²) >= 11 is 1.70. The summed E-state index contributed by atoms with van der Waals surface area (Å²) in [6.07, 6.45) is 0.939. The van der Waals surface area contributed by atoms with Crippen molar-refractivity contribution in [3.05, 3.63) is 46.2 Å². The molecule has 1 amide bonds. The van der Waals surface area contributed by atoms with Gasteiger partial charge in [-0.25, -0.2) is 0 Å². The molecular formula is C15H19N3OS. The van der Waals surface area contributed by atoms with Crippen LogP contribution in [-0.4, -0.2) is 31.4 Å². The van der Waals surface area contributed by atoms with Crippen LogP contribution in [0.15, 0.2) is 35.0 Å². The van der Waals surface area contributed by atoms with E-state index in [1.54, 1.807) is 42.5 Å². The fraction of sp³-hybridized carbons (Fsp3) is 0.267.